The summed E-state index contributed by atoms with van der Waals surface area (Å²) in [7, 11) is 1.68. The van der Waals surface area contributed by atoms with Gasteiger partial charge in [-0.1, -0.05) is 19.1 Å². The van der Waals surface area contributed by atoms with Crippen molar-refractivity contribution in [3.63, 3.8) is 0 Å². The molecule has 1 N–H and O–H groups in total. The van der Waals surface area contributed by atoms with Crippen LogP contribution in [0.5, 0.6) is 5.75 Å². The molecule has 2 rings (SSSR count). The van der Waals surface area contributed by atoms with E-state index in [1.165, 1.54) is 5.56 Å². The molecule has 5 nitrogen and oxygen atoms in total. The number of aliphatic hydroxyl groups is 1. The molecule has 1 atom stereocenters. The molecule has 1 saturated heterocycles. The van der Waals surface area contributed by atoms with Crippen LogP contribution >= 0.6 is 0 Å². The molecule has 146 valence electrons. The molecule has 0 aliphatic carbocycles. The first kappa shape index (κ1) is 20.7. The minimum atomic E-state index is -0.228. The molecule has 1 aliphatic heterocycles. The number of likely N-dealkylation sites (N-methyl/N-ethyl adjacent to an activating group) is 1. The Morgan fingerprint density at radius 2 is 1.96 bits per heavy atom. The summed E-state index contributed by atoms with van der Waals surface area (Å²) in [6.07, 6.45) is 3.68. The third-order valence-electron chi connectivity index (χ3n) is 5.37. The lowest BCUT2D eigenvalue weighted by atomic mass is 10.0. The van der Waals surface area contributed by atoms with Gasteiger partial charge in [0.1, 0.15) is 5.75 Å². The van der Waals surface area contributed by atoms with E-state index in [4.69, 9.17) is 4.74 Å². The third-order valence-corrected chi connectivity index (χ3v) is 5.37. The summed E-state index contributed by atoms with van der Waals surface area (Å²) < 4.78 is 5.21. The van der Waals surface area contributed by atoms with Gasteiger partial charge >= 0.3 is 0 Å². The number of likely N-dealkylation sites (tertiary alicyclic amines) is 1. The van der Waals surface area contributed by atoms with E-state index in [1.54, 1.807) is 7.11 Å². The molecule has 1 fully saturated rings. The van der Waals surface area contributed by atoms with Gasteiger partial charge in [0.05, 0.1) is 13.2 Å². The van der Waals surface area contributed by atoms with E-state index in [-0.39, 0.29) is 12.0 Å². The van der Waals surface area contributed by atoms with Crippen molar-refractivity contribution in [2.75, 3.05) is 33.3 Å². The van der Waals surface area contributed by atoms with Crippen LogP contribution in [0.1, 0.15) is 45.1 Å². The van der Waals surface area contributed by atoms with Gasteiger partial charge in [-0.05, 0) is 63.4 Å². The summed E-state index contributed by atoms with van der Waals surface area (Å²) in [4.78, 5) is 16.7. The molecule has 0 unspecified atom stereocenters. The van der Waals surface area contributed by atoms with E-state index < -0.39 is 0 Å². The molecule has 1 aromatic carbocycles. The number of hydrogen-bond donors (Lipinski definition) is 1. The molecule has 5 heteroatoms. The van der Waals surface area contributed by atoms with Crippen LogP contribution in [0.15, 0.2) is 24.3 Å². The summed E-state index contributed by atoms with van der Waals surface area (Å²) in [5, 5.41) is 9.55. The van der Waals surface area contributed by atoms with Crippen LogP contribution in [0.2, 0.25) is 0 Å². The zero-order valence-corrected chi connectivity index (χ0v) is 16.5. The van der Waals surface area contributed by atoms with Crippen LogP contribution in [0.4, 0.5) is 0 Å². The lowest BCUT2D eigenvalue weighted by molar-refractivity contribution is -0.133. The SMILES string of the molecule is CCN(CCCC(=O)N1CCC(O)CC1)[C@@H](C)Cc1ccc(OC)cc1. The minimum absolute atomic E-state index is 0.228. The highest BCUT2D eigenvalue weighted by Gasteiger charge is 2.21. The highest BCUT2D eigenvalue weighted by molar-refractivity contribution is 5.76. The summed E-state index contributed by atoms with van der Waals surface area (Å²) in [5.41, 5.74) is 1.31. The lowest BCUT2D eigenvalue weighted by Crippen LogP contribution is -2.40. The number of methoxy groups -OCH3 is 1. The number of ether oxygens (including phenoxy) is 1. The number of carbonyl (C=O) groups excluding carboxylic acids is 1. The average Bonchev–Trinajstić information content (AvgIpc) is 2.66. The molecule has 26 heavy (non-hydrogen) atoms. The molecule has 1 heterocycles. The summed E-state index contributed by atoms with van der Waals surface area (Å²) in [5.74, 6) is 1.12. The Labute approximate surface area is 157 Å². The topological polar surface area (TPSA) is 53.0 Å². The maximum absolute atomic E-state index is 12.3. The average molecular weight is 363 g/mol. The van der Waals surface area contributed by atoms with Crippen LogP contribution in [0, 0.1) is 0 Å². The largest absolute Gasteiger partial charge is 0.497 e. The van der Waals surface area contributed by atoms with Crippen LogP contribution in [-0.4, -0.2) is 66.2 Å². The first-order chi connectivity index (χ1) is 12.5. The van der Waals surface area contributed by atoms with Gasteiger partial charge in [0, 0.05) is 25.6 Å². The van der Waals surface area contributed by atoms with Crippen molar-refractivity contribution in [1.82, 2.24) is 9.80 Å². The second-order valence-electron chi connectivity index (χ2n) is 7.25. The van der Waals surface area contributed by atoms with Crippen molar-refractivity contribution in [2.45, 2.75) is 58.1 Å². The Morgan fingerprint density at radius 3 is 2.54 bits per heavy atom. The van der Waals surface area contributed by atoms with Gasteiger partial charge in [-0.15, -0.1) is 0 Å². The standard InChI is InChI=1S/C21H34N2O3/c1-4-22(17(2)16-18-7-9-20(26-3)10-8-18)13-5-6-21(25)23-14-11-19(24)12-15-23/h7-10,17,19,24H,4-6,11-16H2,1-3H3/t17-/m0/s1. The van der Waals surface area contributed by atoms with Crippen molar-refractivity contribution >= 4 is 5.91 Å². The normalized spacial score (nSPS) is 16.7. The number of rotatable bonds is 9. The van der Waals surface area contributed by atoms with E-state index in [0.29, 0.717) is 38.4 Å². The second-order valence-corrected chi connectivity index (χ2v) is 7.25. The highest BCUT2D eigenvalue weighted by atomic mass is 16.5. The molecule has 0 aromatic heterocycles. The number of nitrogens with zero attached hydrogens (tertiary/aromatic N) is 2. The van der Waals surface area contributed by atoms with E-state index in [1.807, 2.05) is 17.0 Å². The van der Waals surface area contributed by atoms with Crippen molar-refractivity contribution < 1.29 is 14.6 Å². The molecule has 1 amide bonds. The van der Waals surface area contributed by atoms with Gasteiger partial charge in [-0.2, -0.15) is 0 Å². The number of carbonyl (C=O) groups is 1. The minimum Gasteiger partial charge on any atom is -0.497 e. The summed E-state index contributed by atoms with van der Waals surface area (Å²) >= 11 is 0. The fourth-order valence-electron chi connectivity index (χ4n) is 3.63. The number of aliphatic hydroxyl groups excluding tert-OH is 1. The molecule has 0 bridgehead atoms. The zero-order valence-electron chi connectivity index (χ0n) is 16.5. The Hall–Kier alpha value is -1.59. The second kappa shape index (κ2) is 10.5. The van der Waals surface area contributed by atoms with Gasteiger partial charge in [-0.25, -0.2) is 0 Å². The number of piperidine rings is 1. The molecule has 1 aliphatic rings. The quantitative estimate of drug-likeness (QED) is 0.734. The zero-order chi connectivity index (χ0) is 18.9. The fraction of sp³-hybridized carbons (Fsp3) is 0.667. The van der Waals surface area contributed by atoms with Crippen molar-refractivity contribution in [3.05, 3.63) is 29.8 Å². The molecule has 0 saturated carbocycles. The predicted octanol–water partition coefficient (Wildman–Crippen LogP) is 2.71. The van der Waals surface area contributed by atoms with Crippen molar-refractivity contribution in [3.8, 4) is 5.75 Å². The van der Waals surface area contributed by atoms with Gasteiger partial charge < -0.3 is 19.6 Å². The van der Waals surface area contributed by atoms with Gasteiger partial charge in [0.15, 0.2) is 0 Å². The van der Waals surface area contributed by atoms with E-state index in [2.05, 4.69) is 30.9 Å². The van der Waals surface area contributed by atoms with Crippen LogP contribution < -0.4 is 4.74 Å². The Morgan fingerprint density at radius 1 is 1.31 bits per heavy atom. The molecule has 1 aromatic rings. The number of benzene rings is 1. The molecular weight excluding hydrogens is 328 g/mol. The summed E-state index contributed by atoms with van der Waals surface area (Å²) in [6.45, 7) is 7.76. The smallest absolute Gasteiger partial charge is 0.222 e. The molecule has 0 radical (unpaired) electrons. The van der Waals surface area contributed by atoms with Gasteiger partial charge in [0.2, 0.25) is 5.91 Å². The predicted molar refractivity (Wildman–Crippen MR) is 104 cm³/mol. The maximum atomic E-state index is 12.3. The van der Waals surface area contributed by atoms with Crippen LogP contribution in [-0.2, 0) is 11.2 Å². The molecule has 0 spiro atoms. The monoisotopic (exact) mass is 362 g/mol. The fourth-order valence-corrected chi connectivity index (χ4v) is 3.63. The van der Waals surface area contributed by atoms with Crippen LogP contribution in [0.3, 0.4) is 0 Å². The van der Waals surface area contributed by atoms with Crippen molar-refractivity contribution in [2.24, 2.45) is 0 Å². The highest BCUT2D eigenvalue weighted by Crippen LogP contribution is 2.16. The molecular formula is C21H34N2O3. The van der Waals surface area contributed by atoms with Gasteiger partial charge in [0.25, 0.3) is 0 Å². The Kier molecular flexibility index (Phi) is 8.39. The number of amides is 1. The summed E-state index contributed by atoms with van der Waals surface area (Å²) in [6, 6.07) is 8.70. The third kappa shape index (κ3) is 6.29. The Balaban J connectivity index is 1.74. The van der Waals surface area contributed by atoms with Crippen molar-refractivity contribution in [1.29, 1.82) is 0 Å². The van der Waals surface area contributed by atoms with E-state index in [0.717, 1.165) is 31.7 Å². The van der Waals surface area contributed by atoms with Gasteiger partial charge in [-0.3, -0.25) is 4.79 Å². The maximum Gasteiger partial charge on any atom is 0.222 e. The first-order valence-electron chi connectivity index (χ1n) is 9.86. The first-order valence-corrected chi connectivity index (χ1v) is 9.86. The van der Waals surface area contributed by atoms with Crippen LogP contribution in [0.25, 0.3) is 0 Å². The van der Waals surface area contributed by atoms with E-state index in [9.17, 15) is 9.90 Å². The number of hydrogen-bond acceptors (Lipinski definition) is 4. The Bertz CT molecular complexity index is 539. The lowest BCUT2D eigenvalue weighted by Gasteiger charge is -2.31. The van der Waals surface area contributed by atoms with E-state index >= 15 is 0 Å².